The Labute approximate surface area is 116 Å². The molecule has 106 valence electrons. The van der Waals surface area contributed by atoms with Gasteiger partial charge in [0.1, 0.15) is 0 Å². The van der Waals surface area contributed by atoms with Crippen molar-refractivity contribution in [3.8, 4) is 0 Å². The third kappa shape index (κ3) is 3.78. The molecule has 1 aliphatic heterocycles. The predicted molar refractivity (Wildman–Crippen MR) is 79.2 cm³/mol. The molecule has 2 rings (SSSR count). The van der Waals surface area contributed by atoms with Crippen LogP contribution in [0, 0.1) is 0 Å². The van der Waals surface area contributed by atoms with Crippen LogP contribution in [0.3, 0.4) is 0 Å². The topological polar surface area (TPSA) is 35.5 Å². The van der Waals surface area contributed by atoms with Gasteiger partial charge in [0.2, 0.25) is 0 Å². The average Bonchev–Trinajstić information content (AvgIpc) is 2.87. The van der Waals surface area contributed by atoms with Crippen molar-refractivity contribution in [2.45, 2.75) is 38.3 Å². The number of rotatable bonds is 6. The Morgan fingerprint density at radius 2 is 2.11 bits per heavy atom. The molecule has 1 heterocycles. The molecule has 3 heteroatoms. The van der Waals surface area contributed by atoms with Crippen molar-refractivity contribution >= 4 is 0 Å². The first-order valence-electron chi connectivity index (χ1n) is 7.36. The maximum absolute atomic E-state index is 10.5. The summed E-state index contributed by atoms with van der Waals surface area (Å²) < 4.78 is 0. The lowest BCUT2D eigenvalue weighted by atomic mass is 9.96. The fourth-order valence-corrected chi connectivity index (χ4v) is 2.92. The zero-order chi connectivity index (χ0) is 13.7. The molecule has 0 bridgehead atoms. The van der Waals surface area contributed by atoms with Gasteiger partial charge in [-0.3, -0.25) is 4.90 Å². The van der Waals surface area contributed by atoms with Crippen LogP contribution >= 0.6 is 0 Å². The van der Waals surface area contributed by atoms with E-state index in [1.165, 1.54) is 19.4 Å². The first-order valence-corrected chi connectivity index (χ1v) is 7.36. The van der Waals surface area contributed by atoms with E-state index in [4.69, 9.17) is 0 Å². The van der Waals surface area contributed by atoms with Gasteiger partial charge < -0.3 is 10.4 Å². The molecule has 1 aliphatic rings. The van der Waals surface area contributed by atoms with Gasteiger partial charge in [-0.15, -0.1) is 0 Å². The van der Waals surface area contributed by atoms with E-state index in [9.17, 15) is 5.11 Å². The summed E-state index contributed by atoms with van der Waals surface area (Å²) in [6, 6.07) is 10.5. The van der Waals surface area contributed by atoms with Crippen molar-refractivity contribution in [2.75, 3.05) is 26.2 Å². The van der Waals surface area contributed by atoms with Gasteiger partial charge in [0.05, 0.1) is 5.60 Å². The van der Waals surface area contributed by atoms with Gasteiger partial charge in [-0.05, 0) is 38.4 Å². The first kappa shape index (κ1) is 14.5. The highest BCUT2D eigenvalue weighted by atomic mass is 16.3. The number of likely N-dealkylation sites (N-methyl/N-ethyl adjacent to an activating group) is 1. The normalized spacial score (nSPS) is 23.4. The Balaban J connectivity index is 1.82. The fourth-order valence-electron chi connectivity index (χ4n) is 2.92. The standard InChI is InChI=1S/C16H26N2O/c1-3-18-11-7-10-15(18)12-17-13-16(2,19)14-8-5-4-6-9-14/h4-6,8-9,15,17,19H,3,7,10-13H2,1-2H3. The monoisotopic (exact) mass is 262 g/mol. The molecule has 0 radical (unpaired) electrons. The lowest BCUT2D eigenvalue weighted by molar-refractivity contribution is 0.0553. The van der Waals surface area contributed by atoms with Gasteiger partial charge in [-0.25, -0.2) is 0 Å². The second-order valence-corrected chi connectivity index (χ2v) is 5.70. The van der Waals surface area contributed by atoms with E-state index in [1.54, 1.807) is 0 Å². The molecule has 0 aliphatic carbocycles. The Morgan fingerprint density at radius 3 is 2.79 bits per heavy atom. The summed E-state index contributed by atoms with van der Waals surface area (Å²) >= 11 is 0. The number of hydrogen-bond donors (Lipinski definition) is 2. The summed E-state index contributed by atoms with van der Waals surface area (Å²) in [5.41, 5.74) is 0.179. The van der Waals surface area contributed by atoms with Crippen LogP contribution in [0.2, 0.25) is 0 Å². The van der Waals surface area contributed by atoms with E-state index in [0.29, 0.717) is 12.6 Å². The largest absolute Gasteiger partial charge is 0.384 e. The van der Waals surface area contributed by atoms with Crippen molar-refractivity contribution in [3.05, 3.63) is 35.9 Å². The zero-order valence-electron chi connectivity index (χ0n) is 12.1. The predicted octanol–water partition coefficient (Wildman–Crippen LogP) is 1.97. The molecule has 3 nitrogen and oxygen atoms in total. The quantitative estimate of drug-likeness (QED) is 0.823. The number of nitrogens with zero attached hydrogens (tertiary/aromatic N) is 1. The number of aliphatic hydroxyl groups is 1. The molecular weight excluding hydrogens is 236 g/mol. The van der Waals surface area contributed by atoms with Gasteiger partial charge in [0.15, 0.2) is 0 Å². The Bertz CT molecular complexity index is 378. The van der Waals surface area contributed by atoms with Gasteiger partial charge in [0.25, 0.3) is 0 Å². The molecule has 1 saturated heterocycles. The minimum atomic E-state index is -0.795. The van der Waals surface area contributed by atoms with E-state index in [0.717, 1.165) is 18.7 Å². The van der Waals surface area contributed by atoms with Gasteiger partial charge in [-0.2, -0.15) is 0 Å². The fraction of sp³-hybridized carbons (Fsp3) is 0.625. The Morgan fingerprint density at radius 1 is 1.37 bits per heavy atom. The molecule has 1 aromatic carbocycles. The lowest BCUT2D eigenvalue weighted by Gasteiger charge is -2.27. The summed E-state index contributed by atoms with van der Waals surface area (Å²) in [5.74, 6) is 0. The SMILES string of the molecule is CCN1CCCC1CNCC(C)(O)c1ccccc1. The smallest absolute Gasteiger partial charge is 0.0992 e. The van der Waals surface area contributed by atoms with Crippen molar-refractivity contribution < 1.29 is 5.11 Å². The molecule has 1 aromatic rings. The van der Waals surface area contributed by atoms with Crippen molar-refractivity contribution in [1.29, 1.82) is 0 Å². The van der Waals surface area contributed by atoms with Crippen LogP contribution in [0.5, 0.6) is 0 Å². The molecule has 1 fully saturated rings. The maximum Gasteiger partial charge on any atom is 0.0992 e. The molecule has 0 aromatic heterocycles. The number of nitrogens with one attached hydrogen (secondary N) is 1. The highest BCUT2D eigenvalue weighted by molar-refractivity contribution is 5.21. The van der Waals surface area contributed by atoms with E-state index in [-0.39, 0.29) is 0 Å². The van der Waals surface area contributed by atoms with E-state index < -0.39 is 5.60 Å². The third-order valence-corrected chi connectivity index (χ3v) is 4.15. The van der Waals surface area contributed by atoms with E-state index in [2.05, 4.69) is 17.1 Å². The summed E-state index contributed by atoms with van der Waals surface area (Å²) in [5, 5.41) is 13.9. The lowest BCUT2D eigenvalue weighted by Crippen LogP contribution is -2.42. The first-order chi connectivity index (χ1) is 9.13. The minimum Gasteiger partial charge on any atom is -0.384 e. The van der Waals surface area contributed by atoms with Crippen LogP contribution < -0.4 is 5.32 Å². The highest BCUT2D eigenvalue weighted by Gasteiger charge is 2.25. The van der Waals surface area contributed by atoms with Crippen molar-refractivity contribution in [2.24, 2.45) is 0 Å². The summed E-state index contributed by atoms with van der Waals surface area (Å²) in [4.78, 5) is 2.52. The van der Waals surface area contributed by atoms with E-state index >= 15 is 0 Å². The molecule has 0 spiro atoms. The zero-order valence-corrected chi connectivity index (χ0v) is 12.1. The third-order valence-electron chi connectivity index (χ3n) is 4.15. The molecule has 2 unspecified atom stereocenters. The number of hydrogen-bond acceptors (Lipinski definition) is 3. The van der Waals surface area contributed by atoms with Gasteiger partial charge >= 0.3 is 0 Å². The van der Waals surface area contributed by atoms with Crippen LogP contribution in [0.1, 0.15) is 32.3 Å². The second kappa shape index (κ2) is 6.51. The van der Waals surface area contributed by atoms with Crippen LogP contribution in [0.15, 0.2) is 30.3 Å². The van der Waals surface area contributed by atoms with Crippen LogP contribution in [-0.4, -0.2) is 42.2 Å². The molecular formula is C16H26N2O. The van der Waals surface area contributed by atoms with Gasteiger partial charge in [0, 0.05) is 19.1 Å². The number of likely N-dealkylation sites (tertiary alicyclic amines) is 1. The van der Waals surface area contributed by atoms with Crippen molar-refractivity contribution in [1.82, 2.24) is 10.2 Å². The van der Waals surface area contributed by atoms with E-state index in [1.807, 2.05) is 37.3 Å². The molecule has 2 atom stereocenters. The Kier molecular flexibility index (Phi) is 4.97. The van der Waals surface area contributed by atoms with Crippen LogP contribution in [0.4, 0.5) is 0 Å². The number of benzene rings is 1. The molecule has 0 amide bonds. The van der Waals surface area contributed by atoms with Crippen LogP contribution in [-0.2, 0) is 5.60 Å². The maximum atomic E-state index is 10.5. The summed E-state index contributed by atoms with van der Waals surface area (Å²) in [6.07, 6.45) is 2.57. The molecule has 0 saturated carbocycles. The highest BCUT2D eigenvalue weighted by Crippen LogP contribution is 2.20. The van der Waals surface area contributed by atoms with Crippen molar-refractivity contribution in [3.63, 3.8) is 0 Å². The molecule has 2 N–H and O–H groups in total. The second-order valence-electron chi connectivity index (χ2n) is 5.70. The Hall–Kier alpha value is -0.900. The summed E-state index contributed by atoms with van der Waals surface area (Å²) in [6.45, 7) is 8.02. The minimum absolute atomic E-state index is 0.602. The van der Waals surface area contributed by atoms with Gasteiger partial charge in [-0.1, -0.05) is 37.3 Å². The molecule has 19 heavy (non-hydrogen) atoms. The van der Waals surface area contributed by atoms with Crippen LogP contribution in [0.25, 0.3) is 0 Å². The average molecular weight is 262 g/mol. The summed E-state index contributed by atoms with van der Waals surface area (Å²) in [7, 11) is 0.